The lowest BCUT2D eigenvalue weighted by Gasteiger charge is -2.03. The number of aliphatic hydroxyl groups excluding tert-OH is 1. The van der Waals surface area contributed by atoms with Gasteiger partial charge in [-0.1, -0.05) is 6.07 Å². The first kappa shape index (κ1) is 10.2. The van der Waals surface area contributed by atoms with Crippen molar-refractivity contribution in [1.29, 1.82) is 0 Å². The summed E-state index contributed by atoms with van der Waals surface area (Å²) in [6, 6.07) is 3.68. The first-order valence-electron chi connectivity index (χ1n) is 3.76. The topological polar surface area (TPSA) is 94.8 Å². The summed E-state index contributed by atoms with van der Waals surface area (Å²) in [6.45, 7) is -0.319. The minimum atomic E-state index is -1.32. The van der Waals surface area contributed by atoms with E-state index >= 15 is 0 Å². The van der Waals surface area contributed by atoms with Crippen LogP contribution in [0, 0.1) is 0 Å². The molecule has 74 valence electrons. The second-order valence-corrected chi connectivity index (χ2v) is 2.65. The Hall–Kier alpha value is -1.88. The number of carboxylic acid groups (broad SMARTS) is 2. The molecule has 1 aromatic carbocycles. The van der Waals surface area contributed by atoms with Crippen molar-refractivity contribution < 1.29 is 24.9 Å². The van der Waals surface area contributed by atoms with Gasteiger partial charge < -0.3 is 15.3 Å². The zero-order chi connectivity index (χ0) is 10.7. The molecule has 0 amide bonds. The van der Waals surface area contributed by atoms with Gasteiger partial charge in [0.25, 0.3) is 0 Å². The molecule has 0 fully saturated rings. The summed E-state index contributed by atoms with van der Waals surface area (Å²) < 4.78 is 0. The number of hydrogen-bond donors (Lipinski definition) is 3. The van der Waals surface area contributed by atoms with Gasteiger partial charge in [0, 0.05) is 0 Å². The molecule has 3 N–H and O–H groups in total. The van der Waals surface area contributed by atoms with E-state index in [9.17, 15) is 9.59 Å². The zero-order valence-corrected chi connectivity index (χ0v) is 7.10. The normalized spacial score (nSPS) is 9.79. The standard InChI is InChI=1S/C9H8O5/c10-4-5-1-2-6(8(11)12)7(3-5)9(13)14/h1-3,10H,4H2,(H,11,12)(H,13,14). The van der Waals surface area contributed by atoms with Crippen LogP contribution in [0.1, 0.15) is 26.3 Å². The lowest BCUT2D eigenvalue weighted by molar-refractivity contribution is 0.0651. The molecule has 14 heavy (non-hydrogen) atoms. The molecule has 0 aliphatic carbocycles. The fourth-order valence-corrected chi connectivity index (χ4v) is 1.05. The number of carboxylic acids is 2. The Labute approximate surface area is 79.2 Å². The van der Waals surface area contributed by atoms with E-state index in [-0.39, 0.29) is 17.7 Å². The minimum absolute atomic E-state index is 0.283. The Morgan fingerprint density at radius 2 is 1.64 bits per heavy atom. The Morgan fingerprint density at radius 1 is 1.07 bits per heavy atom. The van der Waals surface area contributed by atoms with Gasteiger partial charge in [-0.15, -0.1) is 0 Å². The van der Waals surface area contributed by atoms with Crippen molar-refractivity contribution in [3.05, 3.63) is 34.9 Å². The molecule has 0 aliphatic heterocycles. The van der Waals surface area contributed by atoms with Gasteiger partial charge in [-0.25, -0.2) is 9.59 Å². The summed E-state index contributed by atoms with van der Waals surface area (Å²) >= 11 is 0. The number of aromatic carboxylic acids is 2. The van der Waals surface area contributed by atoms with Gasteiger partial charge >= 0.3 is 11.9 Å². The third-order valence-electron chi connectivity index (χ3n) is 1.73. The van der Waals surface area contributed by atoms with Crippen LogP contribution in [0.15, 0.2) is 18.2 Å². The van der Waals surface area contributed by atoms with E-state index in [1.165, 1.54) is 6.07 Å². The smallest absolute Gasteiger partial charge is 0.336 e. The Balaban J connectivity index is 3.31. The predicted octanol–water partition coefficient (Wildman–Crippen LogP) is 0.575. The highest BCUT2D eigenvalue weighted by molar-refractivity contribution is 6.01. The quantitative estimate of drug-likeness (QED) is 0.657. The average Bonchev–Trinajstić information content (AvgIpc) is 2.16. The van der Waals surface area contributed by atoms with E-state index < -0.39 is 11.9 Å². The van der Waals surface area contributed by atoms with E-state index in [0.29, 0.717) is 5.56 Å². The summed E-state index contributed by atoms with van der Waals surface area (Å²) in [5, 5.41) is 26.1. The van der Waals surface area contributed by atoms with Crippen LogP contribution >= 0.6 is 0 Å². The number of aliphatic hydroxyl groups is 1. The highest BCUT2D eigenvalue weighted by Crippen LogP contribution is 2.12. The van der Waals surface area contributed by atoms with Crippen LogP contribution in [0.3, 0.4) is 0 Å². The van der Waals surface area contributed by atoms with Gasteiger partial charge in [0.1, 0.15) is 0 Å². The molecule has 0 saturated carbocycles. The highest BCUT2D eigenvalue weighted by atomic mass is 16.4. The van der Waals surface area contributed by atoms with Crippen LogP contribution < -0.4 is 0 Å². The lowest BCUT2D eigenvalue weighted by Crippen LogP contribution is -2.08. The maximum atomic E-state index is 10.6. The molecule has 1 aromatic rings. The summed E-state index contributed by atoms with van der Waals surface area (Å²) in [4.78, 5) is 21.2. The van der Waals surface area contributed by atoms with Crippen molar-refractivity contribution in [1.82, 2.24) is 0 Å². The van der Waals surface area contributed by atoms with E-state index in [1.807, 2.05) is 0 Å². The molecule has 5 nitrogen and oxygen atoms in total. The van der Waals surface area contributed by atoms with Gasteiger partial charge in [0.05, 0.1) is 17.7 Å². The number of hydrogen-bond acceptors (Lipinski definition) is 3. The summed E-state index contributed by atoms with van der Waals surface area (Å²) in [5.41, 5.74) is -0.230. The SMILES string of the molecule is O=C(O)c1ccc(CO)cc1C(=O)O. The first-order valence-corrected chi connectivity index (χ1v) is 3.76. The second-order valence-electron chi connectivity index (χ2n) is 2.65. The largest absolute Gasteiger partial charge is 0.478 e. The third kappa shape index (κ3) is 1.89. The molecule has 0 aromatic heterocycles. The predicted molar refractivity (Wildman–Crippen MR) is 46.3 cm³/mol. The molecule has 0 atom stereocenters. The summed E-state index contributed by atoms with van der Waals surface area (Å²) in [6.07, 6.45) is 0. The van der Waals surface area contributed by atoms with Gasteiger partial charge in [0.15, 0.2) is 0 Å². The van der Waals surface area contributed by atoms with Crippen LogP contribution in [-0.4, -0.2) is 27.3 Å². The van der Waals surface area contributed by atoms with Crippen LogP contribution in [0.2, 0.25) is 0 Å². The van der Waals surface area contributed by atoms with E-state index in [0.717, 1.165) is 12.1 Å². The second kappa shape index (κ2) is 3.89. The molecule has 5 heteroatoms. The minimum Gasteiger partial charge on any atom is -0.478 e. The fraction of sp³-hybridized carbons (Fsp3) is 0.111. The van der Waals surface area contributed by atoms with Gasteiger partial charge in [0.2, 0.25) is 0 Å². The van der Waals surface area contributed by atoms with E-state index in [4.69, 9.17) is 15.3 Å². The third-order valence-corrected chi connectivity index (χ3v) is 1.73. The maximum Gasteiger partial charge on any atom is 0.336 e. The fourth-order valence-electron chi connectivity index (χ4n) is 1.05. The monoisotopic (exact) mass is 196 g/mol. The molecule has 0 spiro atoms. The average molecular weight is 196 g/mol. The van der Waals surface area contributed by atoms with Gasteiger partial charge in [-0.2, -0.15) is 0 Å². The van der Waals surface area contributed by atoms with Crippen molar-refractivity contribution in [3.63, 3.8) is 0 Å². The Kier molecular flexibility index (Phi) is 2.83. The number of benzene rings is 1. The van der Waals surface area contributed by atoms with Crippen LogP contribution in [0.4, 0.5) is 0 Å². The van der Waals surface area contributed by atoms with Crippen molar-refractivity contribution in [2.75, 3.05) is 0 Å². The van der Waals surface area contributed by atoms with E-state index in [1.54, 1.807) is 0 Å². The molecular formula is C9H8O5. The van der Waals surface area contributed by atoms with Gasteiger partial charge in [-0.05, 0) is 17.7 Å². The number of carbonyl (C=O) groups is 2. The lowest BCUT2D eigenvalue weighted by atomic mass is 10.0. The zero-order valence-electron chi connectivity index (χ0n) is 7.10. The van der Waals surface area contributed by atoms with Crippen molar-refractivity contribution in [2.24, 2.45) is 0 Å². The molecule has 0 bridgehead atoms. The van der Waals surface area contributed by atoms with Crippen molar-refractivity contribution >= 4 is 11.9 Å². The van der Waals surface area contributed by atoms with E-state index in [2.05, 4.69) is 0 Å². The summed E-state index contributed by atoms with van der Waals surface area (Å²) in [5.74, 6) is -2.62. The Morgan fingerprint density at radius 3 is 2.07 bits per heavy atom. The van der Waals surface area contributed by atoms with Crippen molar-refractivity contribution in [2.45, 2.75) is 6.61 Å². The van der Waals surface area contributed by atoms with Crippen LogP contribution in [0.25, 0.3) is 0 Å². The molecular weight excluding hydrogens is 188 g/mol. The molecule has 0 heterocycles. The first-order chi connectivity index (χ1) is 6.56. The van der Waals surface area contributed by atoms with Crippen LogP contribution in [0.5, 0.6) is 0 Å². The van der Waals surface area contributed by atoms with Crippen LogP contribution in [-0.2, 0) is 6.61 Å². The maximum absolute atomic E-state index is 10.6. The Bertz CT molecular complexity index is 383. The molecule has 1 rings (SSSR count). The van der Waals surface area contributed by atoms with Crippen molar-refractivity contribution in [3.8, 4) is 0 Å². The van der Waals surface area contributed by atoms with Gasteiger partial charge in [-0.3, -0.25) is 0 Å². The highest BCUT2D eigenvalue weighted by Gasteiger charge is 2.15. The number of rotatable bonds is 3. The molecule has 0 saturated heterocycles. The molecule has 0 aliphatic rings. The molecule has 0 unspecified atom stereocenters. The molecule has 0 radical (unpaired) electrons. The summed E-state index contributed by atoms with van der Waals surface area (Å²) in [7, 11) is 0.